The highest BCUT2D eigenvalue weighted by Crippen LogP contribution is 2.28. The van der Waals surface area contributed by atoms with E-state index in [9.17, 15) is 13.6 Å². The number of imidazole rings is 1. The monoisotopic (exact) mass is 334 g/mol. The van der Waals surface area contributed by atoms with E-state index in [2.05, 4.69) is 4.98 Å². The number of carbonyl (C=O) groups is 1. The second-order valence-corrected chi connectivity index (χ2v) is 5.99. The van der Waals surface area contributed by atoms with E-state index in [4.69, 9.17) is 0 Å². The Labute approximate surface area is 139 Å². The molecule has 0 bridgehead atoms. The van der Waals surface area contributed by atoms with E-state index in [1.807, 2.05) is 24.3 Å². The Morgan fingerprint density at radius 2 is 2.12 bits per heavy atom. The van der Waals surface area contributed by atoms with Crippen LogP contribution in [0.25, 0.3) is 0 Å². The maximum Gasteiger partial charge on any atom is 0.319 e. The van der Waals surface area contributed by atoms with Crippen LogP contribution < -0.4 is 4.90 Å². The molecular weight excluding hydrogens is 314 g/mol. The maximum absolute atomic E-state index is 12.9. The van der Waals surface area contributed by atoms with Crippen molar-refractivity contribution in [2.75, 3.05) is 18.5 Å². The topological polar surface area (TPSA) is 41.4 Å². The average molecular weight is 334 g/mol. The summed E-state index contributed by atoms with van der Waals surface area (Å²) in [7, 11) is 1.75. The minimum atomic E-state index is -2.63. The molecule has 0 saturated carbocycles. The minimum absolute atomic E-state index is 0.0300. The van der Waals surface area contributed by atoms with Crippen molar-refractivity contribution in [2.24, 2.45) is 0 Å². The second-order valence-electron chi connectivity index (χ2n) is 5.99. The van der Waals surface area contributed by atoms with E-state index in [0.717, 1.165) is 22.2 Å². The lowest BCUT2D eigenvalue weighted by atomic mass is 10.2. The first-order valence-corrected chi connectivity index (χ1v) is 7.88. The van der Waals surface area contributed by atoms with Gasteiger partial charge in [0.2, 0.25) is 5.91 Å². The van der Waals surface area contributed by atoms with Crippen LogP contribution in [-0.4, -0.2) is 40.0 Å². The summed E-state index contributed by atoms with van der Waals surface area (Å²) >= 11 is 0. The summed E-state index contributed by atoms with van der Waals surface area (Å²) in [6, 6.07) is 7.41. The quantitative estimate of drug-likeness (QED) is 0.844. The molecule has 0 fully saturated rings. The number of benzene rings is 1. The first-order chi connectivity index (χ1) is 11.5. The van der Waals surface area contributed by atoms with Crippen LogP contribution in [0.15, 0.2) is 36.7 Å². The summed E-state index contributed by atoms with van der Waals surface area (Å²) in [6.45, 7) is -0.00640. The highest BCUT2D eigenvalue weighted by Gasteiger charge is 2.30. The molecule has 0 radical (unpaired) electrons. The molecule has 0 saturated heterocycles. The molecule has 3 rings (SSSR count). The number of halogens is 2. The maximum atomic E-state index is 12.9. The highest BCUT2D eigenvalue weighted by molar-refractivity contribution is 5.98. The molecule has 7 heteroatoms. The van der Waals surface area contributed by atoms with Gasteiger partial charge < -0.3 is 4.90 Å². The molecule has 0 N–H and O–H groups in total. The van der Waals surface area contributed by atoms with Crippen molar-refractivity contribution in [2.45, 2.75) is 32.5 Å². The van der Waals surface area contributed by atoms with E-state index in [0.29, 0.717) is 6.54 Å². The van der Waals surface area contributed by atoms with E-state index >= 15 is 0 Å². The Bertz CT molecular complexity index is 731. The standard InChI is InChI=1S/C17H20F2N4O/c1-12(21(2)11-15-20-8-10-23(15)17(18)19)16(24)22-9-7-13-5-3-4-6-14(13)22/h3-6,8,10,12,17H,7,9,11H2,1-2H3/t12-/m0/s1. The Morgan fingerprint density at radius 1 is 1.38 bits per heavy atom. The van der Waals surface area contributed by atoms with Gasteiger partial charge in [-0.05, 0) is 32.0 Å². The van der Waals surface area contributed by atoms with Crippen LogP contribution in [0.4, 0.5) is 14.5 Å². The number of fused-ring (bicyclic) bond motifs is 1. The number of likely N-dealkylation sites (N-methyl/N-ethyl adjacent to an activating group) is 1. The number of nitrogens with zero attached hydrogens (tertiary/aromatic N) is 4. The molecule has 1 atom stereocenters. The third-order valence-corrected chi connectivity index (χ3v) is 4.52. The Balaban J connectivity index is 1.71. The highest BCUT2D eigenvalue weighted by atomic mass is 19.3. The third kappa shape index (κ3) is 3.03. The molecule has 2 heterocycles. The van der Waals surface area contributed by atoms with Gasteiger partial charge in [0.15, 0.2) is 0 Å². The summed E-state index contributed by atoms with van der Waals surface area (Å²) in [6.07, 6.45) is 3.43. The zero-order valence-electron chi connectivity index (χ0n) is 13.7. The lowest BCUT2D eigenvalue weighted by Crippen LogP contribution is -2.45. The van der Waals surface area contributed by atoms with Crippen molar-refractivity contribution in [3.63, 3.8) is 0 Å². The zero-order valence-corrected chi connectivity index (χ0v) is 13.7. The molecular formula is C17H20F2N4O. The summed E-state index contributed by atoms with van der Waals surface area (Å²) in [5.74, 6) is 0.214. The van der Waals surface area contributed by atoms with Crippen molar-refractivity contribution >= 4 is 11.6 Å². The number of rotatable bonds is 5. The van der Waals surface area contributed by atoms with Crippen LogP contribution in [0.2, 0.25) is 0 Å². The number of hydrogen-bond acceptors (Lipinski definition) is 3. The normalized spacial score (nSPS) is 15.2. The van der Waals surface area contributed by atoms with Crippen LogP contribution in [0.1, 0.15) is 24.9 Å². The summed E-state index contributed by atoms with van der Waals surface area (Å²) in [5.41, 5.74) is 2.10. The van der Waals surface area contributed by atoms with Crippen LogP contribution >= 0.6 is 0 Å². The van der Waals surface area contributed by atoms with Gasteiger partial charge in [0, 0.05) is 24.6 Å². The lowest BCUT2D eigenvalue weighted by Gasteiger charge is -2.28. The Morgan fingerprint density at radius 3 is 2.88 bits per heavy atom. The van der Waals surface area contributed by atoms with Crippen molar-refractivity contribution in [1.82, 2.24) is 14.5 Å². The number of anilines is 1. The predicted octanol–water partition coefficient (Wildman–Crippen LogP) is 2.69. The molecule has 0 aliphatic carbocycles. The number of alkyl halides is 2. The molecule has 1 aromatic heterocycles. The SMILES string of the molecule is C[C@@H](C(=O)N1CCc2ccccc21)N(C)Cc1nccn1C(F)F. The van der Waals surface area contributed by atoms with Gasteiger partial charge in [-0.1, -0.05) is 18.2 Å². The van der Waals surface area contributed by atoms with Crippen LogP contribution in [0.3, 0.4) is 0 Å². The Kier molecular flexibility index (Phi) is 4.62. The number of para-hydroxylation sites is 1. The fraction of sp³-hybridized carbons (Fsp3) is 0.412. The fourth-order valence-corrected chi connectivity index (χ4v) is 2.99. The van der Waals surface area contributed by atoms with Crippen molar-refractivity contribution < 1.29 is 13.6 Å². The predicted molar refractivity (Wildman–Crippen MR) is 86.9 cm³/mol. The van der Waals surface area contributed by atoms with Crippen LogP contribution in [0.5, 0.6) is 0 Å². The first kappa shape index (κ1) is 16.6. The van der Waals surface area contributed by atoms with Crippen molar-refractivity contribution in [3.05, 3.63) is 48.0 Å². The number of hydrogen-bond donors (Lipinski definition) is 0. The summed E-state index contributed by atoms with van der Waals surface area (Å²) < 4.78 is 26.6. The van der Waals surface area contributed by atoms with Gasteiger partial charge in [0.25, 0.3) is 0 Å². The zero-order chi connectivity index (χ0) is 17.3. The van der Waals surface area contributed by atoms with Gasteiger partial charge in [-0.2, -0.15) is 8.78 Å². The van der Waals surface area contributed by atoms with Crippen molar-refractivity contribution in [3.8, 4) is 0 Å². The minimum Gasteiger partial charge on any atom is -0.310 e. The molecule has 5 nitrogen and oxygen atoms in total. The van der Waals surface area contributed by atoms with Crippen LogP contribution in [-0.2, 0) is 17.8 Å². The average Bonchev–Trinajstić information content (AvgIpc) is 3.20. The van der Waals surface area contributed by atoms with Gasteiger partial charge in [-0.15, -0.1) is 0 Å². The lowest BCUT2D eigenvalue weighted by molar-refractivity contribution is -0.122. The first-order valence-electron chi connectivity index (χ1n) is 7.88. The van der Waals surface area contributed by atoms with Gasteiger partial charge in [0.1, 0.15) is 5.82 Å². The summed E-state index contributed by atoms with van der Waals surface area (Å²) in [5, 5.41) is 0. The molecule has 1 aliphatic heterocycles. The molecule has 1 amide bonds. The number of aromatic nitrogens is 2. The molecule has 1 aliphatic rings. The van der Waals surface area contributed by atoms with Gasteiger partial charge >= 0.3 is 6.55 Å². The van der Waals surface area contributed by atoms with Gasteiger partial charge in [-0.25, -0.2) is 4.98 Å². The fourth-order valence-electron chi connectivity index (χ4n) is 2.99. The summed E-state index contributed by atoms with van der Waals surface area (Å²) in [4.78, 5) is 20.3. The van der Waals surface area contributed by atoms with E-state index in [-0.39, 0.29) is 18.3 Å². The third-order valence-electron chi connectivity index (χ3n) is 4.52. The van der Waals surface area contributed by atoms with Crippen LogP contribution in [0, 0.1) is 0 Å². The molecule has 2 aromatic rings. The van der Waals surface area contributed by atoms with Gasteiger partial charge in [0.05, 0.1) is 12.6 Å². The Hall–Kier alpha value is -2.28. The largest absolute Gasteiger partial charge is 0.319 e. The van der Waals surface area contributed by atoms with Gasteiger partial charge in [-0.3, -0.25) is 14.3 Å². The smallest absolute Gasteiger partial charge is 0.310 e. The second kappa shape index (κ2) is 6.68. The number of carbonyl (C=O) groups excluding carboxylic acids is 1. The van der Waals surface area contributed by atoms with E-state index in [1.165, 1.54) is 12.4 Å². The van der Waals surface area contributed by atoms with E-state index < -0.39 is 12.6 Å². The molecule has 1 aromatic carbocycles. The molecule has 0 spiro atoms. The van der Waals surface area contributed by atoms with E-state index in [1.54, 1.807) is 23.8 Å². The van der Waals surface area contributed by atoms with Crippen molar-refractivity contribution in [1.29, 1.82) is 0 Å². The molecule has 24 heavy (non-hydrogen) atoms. The molecule has 0 unspecified atom stereocenters. The molecule has 128 valence electrons. The number of amides is 1.